The van der Waals surface area contributed by atoms with E-state index in [0.29, 0.717) is 11.0 Å². The van der Waals surface area contributed by atoms with Gasteiger partial charge in [0.25, 0.3) is 0 Å². The molecule has 54 valence electrons. The molecule has 0 radical (unpaired) electrons. The fourth-order valence-corrected chi connectivity index (χ4v) is 0.576. The van der Waals surface area contributed by atoms with Crippen LogP contribution in [-0.4, -0.2) is 11.4 Å². The molecule has 0 saturated heterocycles. The molecule has 0 aliphatic rings. The molecule has 0 amide bonds. The molecule has 9 heavy (non-hydrogen) atoms. The van der Waals surface area contributed by atoms with Crippen molar-refractivity contribution in [2.24, 2.45) is 0 Å². The SMILES string of the molecule is CCC(C)OC(=O)SCl. The van der Waals surface area contributed by atoms with Gasteiger partial charge in [-0.1, -0.05) is 6.92 Å². The highest BCUT2D eigenvalue weighted by atomic mass is 35.7. The molecule has 0 fully saturated rings. The number of hydrogen-bond acceptors (Lipinski definition) is 3. The Bertz CT molecular complexity index is 97.0. The first-order chi connectivity index (χ1) is 4.20. The van der Waals surface area contributed by atoms with Gasteiger partial charge in [0.05, 0.1) is 17.1 Å². The lowest BCUT2D eigenvalue weighted by atomic mass is 10.3. The molecule has 0 rings (SSSR count). The van der Waals surface area contributed by atoms with E-state index in [4.69, 9.17) is 15.4 Å². The molecule has 0 aromatic heterocycles. The van der Waals surface area contributed by atoms with E-state index in [-0.39, 0.29) is 6.10 Å². The Morgan fingerprint density at radius 1 is 1.89 bits per heavy atom. The summed E-state index contributed by atoms with van der Waals surface area (Å²) < 4.78 is 4.74. The van der Waals surface area contributed by atoms with E-state index in [9.17, 15) is 4.79 Å². The Morgan fingerprint density at radius 3 is 2.78 bits per heavy atom. The monoisotopic (exact) mass is 168 g/mol. The summed E-state index contributed by atoms with van der Waals surface area (Å²) in [5.41, 5.74) is 0. The van der Waals surface area contributed by atoms with E-state index in [1.807, 2.05) is 13.8 Å². The van der Waals surface area contributed by atoms with Gasteiger partial charge in [-0.05, 0) is 24.0 Å². The molecule has 4 heteroatoms. The summed E-state index contributed by atoms with van der Waals surface area (Å²) >= 11 is 0. The minimum absolute atomic E-state index is 0.0243. The highest BCUT2D eigenvalue weighted by Crippen LogP contribution is 2.12. The molecular weight excluding hydrogens is 160 g/mol. The average Bonchev–Trinajstić information content (AvgIpc) is 1.87. The minimum Gasteiger partial charge on any atom is -0.454 e. The maximum Gasteiger partial charge on any atom is 0.383 e. The second-order valence-corrected chi connectivity index (χ2v) is 2.61. The molecule has 0 aromatic carbocycles. The fourth-order valence-electron chi connectivity index (χ4n) is 0.266. The van der Waals surface area contributed by atoms with Crippen molar-refractivity contribution in [2.75, 3.05) is 0 Å². The summed E-state index contributed by atoms with van der Waals surface area (Å²) in [6, 6.07) is 0. The molecular formula is C5H9ClO2S. The van der Waals surface area contributed by atoms with Crippen molar-refractivity contribution in [3.05, 3.63) is 0 Å². The van der Waals surface area contributed by atoms with Crippen LogP contribution in [0.4, 0.5) is 4.79 Å². The Labute approximate surface area is 63.4 Å². The van der Waals surface area contributed by atoms with Gasteiger partial charge in [0.2, 0.25) is 0 Å². The Balaban J connectivity index is 3.34. The van der Waals surface area contributed by atoms with Crippen molar-refractivity contribution in [1.82, 2.24) is 0 Å². The molecule has 0 saturated carbocycles. The number of ether oxygens (including phenoxy) is 1. The van der Waals surface area contributed by atoms with Crippen LogP contribution in [0.1, 0.15) is 20.3 Å². The van der Waals surface area contributed by atoms with E-state index in [2.05, 4.69) is 0 Å². The van der Waals surface area contributed by atoms with E-state index in [1.54, 1.807) is 0 Å². The first-order valence-corrected chi connectivity index (χ1v) is 4.34. The van der Waals surface area contributed by atoms with Crippen molar-refractivity contribution >= 4 is 27.0 Å². The number of hydrogen-bond donors (Lipinski definition) is 0. The van der Waals surface area contributed by atoms with Gasteiger partial charge in [-0.2, -0.15) is 0 Å². The zero-order valence-corrected chi connectivity index (χ0v) is 6.96. The molecule has 0 aromatic rings. The van der Waals surface area contributed by atoms with Gasteiger partial charge in [0, 0.05) is 0 Å². The van der Waals surface area contributed by atoms with Crippen LogP contribution in [-0.2, 0) is 4.74 Å². The molecule has 0 N–H and O–H groups in total. The van der Waals surface area contributed by atoms with Crippen molar-refractivity contribution in [1.29, 1.82) is 0 Å². The van der Waals surface area contributed by atoms with Gasteiger partial charge in [-0.3, -0.25) is 0 Å². The van der Waals surface area contributed by atoms with Gasteiger partial charge in [-0.25, -0.2) is 4.79 Å². The van der Waals surface area contributed by atoms with Crippen LogP contribution in [0.2, 0.25) is 0 Å². The molecule has 1 atom stereocenters. The van der Waals surface area contributed by atoms with E-state index < -0.39 is 5.30 Å². The van der Waals surface area contributed by atoms with Crippen LogP contribution in [0.5, 0.6) is 0 Å². The number of carbonyl (C=O) groups excluding carboxylic acids is 1. The summed E-state index contributed by atoms with van der Waals surface area (Å²) in [7, 11) is 5.67. The van der Waals surface area contributed by atoms with Crippen LogP contribution < -0.4 is 0 Å². The van der Waals surface area contributed by atoms with Gasteiger partial charge in [0.1, 0.15) is 0 Å². The molecule has 0 bridgehead atoms. The number of rotatable bonds is 2. The molecule has 2 nitrogen and oxygen atoms in total. The van der Waals surface area contributed by atoms with Gasteiger partial charge < -0.3 is 4.74 Å². The van der Waals surface area contributed by atoms with E-state index in [0.717, 1.165) is 6.42 Å². The molecule has 0 aliphatic carbocycles. The lowest BCUT2D eigenvalue weighted by molar-refractivity contribution is 0.131. The van der Waals surface area contributed by atoms with Crippen LogP contribution in [0.15, 0.2) is 0 Å². The zero-order chi connectivity index (χ0) is 7.28. The molecule has 0 aliphatic heterocycles. The van der Waals surface area contributed by atoms with E-state index >= 15 is 0 Å². The maximum absolute atomic E-state index is 10.4. The third-order valence-corrected chi connectivity index (χ3v) is 1.54. The van der Waals surface area contributed by atoms with Crippen molar-refractivity contribution in [2.45, 2.75) is 26.4 Å². The Kier molecular flexibility index (Phi) is 5.00. The van der Waals surface area contributed by atoms with Crippen molar-refractivity contribution in [3.8, 4) is 0 Å². The van der Waals surface area contributed by atoms with Crippen LogP contribution in [0.25, 0.3) is 0 Å². The first-order valence-electron chi connectivity index (χ1n) is 2.70. The lowest BCUT2D eigenvalue weighted by Crippen LogP contribution is -2.08. The topological polar surface area (TPSA) is 26.3 Å². The predicted molar refractivity (Wildman–Crippen MR) is 39.7 cm³/mol. The smallest absolute Gasteiger partial charge is 0.383 e. The Hall–Kier alpha value is 0.110. The summed E-state index contributed by atoms with van der Waals surface area (Å²) in [5, 5.41) is -0.425. The maximum atomic E-state index is 10.4. The standard InChI is InChI=1S/C5H9ClO2S/c1-3-4(2)8-5(7)9-6/h4H,3H2,1-2H3. The van der Waals surface area contributed by atoms with Crippen LogP contribution in [0.3, 0.4) is 0 Å². The zero-order valence-electron chi connectivity index (χ0n) is 5.39. The van der Waals surface area contributed by atoms with Gasteiger partial charge >= 0.3 is 5.30 Å². The minimum atomic E-state index is -0.425. The first kappa shape index (κ1) is 9.11. The normalized spacial score (nSPS) is 12.8. The highest BCUT2D eigenvalue weighted by molar-refractivity contribution is 8.32. The lowest BCUT2D eigenvalue weighted by Gasteiger charge is -2.06. The quantitative estimate of drug-likeness (QED) is 0.594. The van der Waals surface area contributed by atoms with Crippen molar-refractivity contribution in [3.63, 3.8) is 0 Å². The van der Waals surface area contributed by atoms with Crippen molar-refractivity contribution < 1.29 is 9.53 Å². The van der Waals surface area contributed by atoms with Gasteiger partial charge in [-0.15, -0.1) is 0 Å². The predicted octanol–water partition coefficient (Wildman–Crippen LogP) is 2.81. The third-order valence-electron chi connectivity index (χ3n) is 0.935. The summed E-state index contributed by atoms with van der Waals surface area (Å²) in [6.07, 6.45) is 0.798. The third kappa shape index (κ3) is 4.60. The van der Waals surface area contributed by atoms with Crippen LogP contribution in [0, 0.1) is 0 Å². The molecule has 0 heterocycles. The van der Waals surface area contributed by atoms with Crippen LogP contribution >= 0.6 is 21.7 Å². The van der Waals surface area contributed by atoms with E-state index in [1.165, 1.54) is 0 Å². The second-order valence-electron chi connectivity index (χ2n) is 1.66. The second kappa shape index (κ2) is 4.94. The summed E-state index contributed by atoms with van der Waals surface area (Å²) in [4.78, 5) is 10.4. The molecule has 1 unspecified atom stereocenters. The number of halogens is 1. The summed E-state index contributed by atoms with van der Waals surface area (Å²) in [5.74, 6) is 0. The largest absolute Gasteiger partial charge is 0.454 e. The number of carbonyl (C=O) groups is 1. The summed E-state index contributed by atoms with van der Waals surface area (Å²) in [6.45, 7) is 3.77. The highest BCUT2D eigenvalue weighted by Gasteiger charge is 2.05. The Morgan fingerprint density at radius 2 is 2.44 bits per heavy atom. The van der Waals surface area contributed by atoms with Gasteiger partial charge in [0.15, 0.2) is 0 Å². The molecule has 0 spiro atoms. The average molecular weight is 169 g/mol. The fraction of sp³-hybridized carbons (Fsp3) is 0.800.